The molecule has 1 aliphatic rings. The van der Waals surface area contributed by atoms with Crippen molar-refractivity contribution in [1.29, 1.82) is 0 Å². The fourth-order valence-corrected chi connectivity index (χ4v) is 4.25. The van der Waals surface area contributed by atoms with E-state index in [0.29, 0.717) is 17.1 Å². The monoisotopic (exact) mass is 431 g/mol. The van der Waals surface area contributed by atoms with E-state index in [-0.39, 0.29) is 28.8 Å². The standard InChI is InChI=1S/C22H29N3O4S/c1-22(2,3)15-5-7-16(8-6-15)24-21(26)14-23-19-13-18(11-12-20(19)29-4)30(27,28)25-17-9-10-17/h5-8,11-13,17,23,25H,9-10,14H2,1-4H3,(H,24,26). The molecule has 1 saturated carbocycles. The van der Waals surface area contributed by atoms with E-state index < -0.39 is 10.0 Å². The number of nitrogens with one attached hydrogen (secondary N) is 3. The van der Waals surface area contributed by atoms with E-state index in [4.69, 9.17) is 4.74 Å². The minimum absolute atomic E-state index is 0.0176. The van der Waals surface area contributed by atoms with Crippen LogP contribution in [-0.2, 0) is 20.2 Å². The van der Waals surface area contributed by atoms with Gasteiger partial charge in [-0.25, -0.2) is 13.1 Å². The average Bonchev–Trinajstić information content (AvgIpc) is 3.49. The SMILES string of the molecule is COc1ccc(S(=O)(=O)NC2CC2)cc1NCC(=O)Nc1ccc(C(C)(C)C)cc1. The minimum atomic E-state index is -3.59. The Morgan fingerprint density at radius 3 is 2.33 bits per heavy atom. The smallest absolute Gasteiger partial charge is 0.243 e. The van der Waals surface area contributed by atoms with Crippen molar-refractivity contribution in [2.45, 2.75) is 50.0 Å². The summed E-state index contributed by atoms with van der Waals surface area (Å²) in [6.45, 7) is 6.36. The Morgan fingerprint density at radius 2 is 1.77 bits per heavy atom. The van der Waals surface area contributed by atoms with E-state index in [2.05, 4.69) is 36.1 Å². The highest BCUT2D eigenvalue weighted by molar-refractivity contribution is 7.89. The lowest BCUT2D eigenvalue weighted by Gasteiger charge is -2.19. The molecule has 2 aromatic carbocycles. The Labute approximate surface area is 178 Å². The van der Waals surface area contributed by atoms with Gasteiger partial charge in [0.2, 0.25) is 15.9 Å². The lowest BCUT2D eigenvalue weighted by molar-refractivity contribution is -0.114. The molecule has 1 amide bonds. The second-order valence-electron chi connectivity index (χ2n) is 8.49. The Balaban J connectivity index is 1.65. The molecule has 0 unspecified atom stereocenters. The van der Waals surface area contributed by atoms with Gasteiger partial charge in [0.1, 0.15) is 5.75 Å². The average molecular weight is 432 g/mol. The van der Waals surface area contributed by atoms with Gasteiger partial charge in [0.25, 0.3) is 0 Å². The molecule has 0 aromatic heterocycles. The molecule has 162 valence electrons. The maximum absolute atomic E-state index is 12.5. The van der Waals surface area contributed by atoms with E-state index in [1.165, 1.54) is 24.8 Å². The van der Waals surface area contributed by atoms with E-state index in [0.717, 1.165) is 12.8 Å². The molecule has 8 heteroatoms. The molecule has 0 radical (unpaired) electrons. The first kappa shape index (κ1) is 22.1. The van der Waals surface area contributed by atoms with Gasteiger partial charge in [0, 0.05) is 11.7 Å². The lowest BCUT2D eigenvalue weighted by atomic mass is 9.87. The van der Waals surface area contributed by atoms with Gasteiger partial charge in [0.05, 0.1) is 24.2 Å². The number of benzene rings is 2. The Bertz CT molecular complexity index is 1010. The molecule has 0 heterocycles. The number of ether oxygens (including phenoxy) is 1. The summed E-state index contributed by atoms with van der Waals surface area (Å²) in [5.74, 6) is 0.215. The predicted molar refractivity (Wildman–Crippen MR) is 119 cm³/mol. The number of hydrogen-bond donors (Lipinski definition) is 3. The molecule has 0 aliphatic heterocycles. The highest BCUT2D eigenvalue weighted by atomic mass is 32.2. The van der Waals surface area contributed by atoms with E-state index in [9.17, 15) is 13.2 Å². The van der Waals surface area contributed by atoms with Crippen molar-refractivity contribution in [3.8, 4) is 5.75 Å². The van der Waals surface area contributed by atoms with Crippen molar-refractivity contribution in [3.05, 3.63) is 48.0 Å². The predicted octanol–water partition coefficient (Wildman–Crippen LogP) is 3.48. The largest absolute Gasteiger partial charge is 0.495 e. The summed E-state index contributed by atoms with van der Waals surface area (Å²) in [6, 6.07) is 12.3. The number of rotatable bonds is 8. The summed E-state index contributed by atoms with van der Waals surface area (Å²) in [4.78, 5) is 12.5. The summed E-state index contributed by atoms with van der Waals surface area (Å²) >= 11 is 0. The number of carbonyl (C=O) groups excluding carboxylic acids is 1. The number of hydrogen-bond acceptors (Lipinski definition) is 5. The molecule has 30 heavy (non-hydrogen) atoms. The lowest BCUT2D eigenvalue weighted by Crippen LogP contribution is -2.26. The van der Waals surface area contributed by atoms with Crippen LogP contribution < -0.4 is 20.1 Å². The third-order valence-corrected chi connectivity index (χ3v) is 6.37. The Kier molecular flexibility index (Phi) is 6.38. The van der Waals surface area contributed by atoms with Crippen LogP contribution in [0, 0.1) is 0 Å². The van der Waals surface area contributed by atoms with Gasteiger partial charge in [-0.15, -0.1) is 0 Å². The van der Waals surface area contributed by atoms with Crippen molar-refractivity contribution in [1.82, 2.24) is 4.72 Å². The fraction of sp³-hybridized carbons (Fsp3) is 0.409. The minimum Gasteiger partial charge on any atom is -0.495 e. The first-order chi connectivity index (χ1) is 14.1. The molecule has 3 N–H and O–H groups in total. The van der Waals surface area contributed by atoms with Crippen molar-refractivity contribution < 1.29 is 17.9 Å². The van der Waals surface area contributed by atoms with E-state index in [1.54, 1.807) is 6.07 Å². The number of amides is 1. The summed E-state index contributed by atoms with van der Waals surface area (Å²) in [5, 5.41) is 5.81. The maximum Gasteiger partial charge on any atom is 0.243 e. The zero-order valence-electron chi connectivity index (χ0n) is 17.8. The Hall–Kier alpha value is -2.58. The molecule has 2 aromatic rings. The van der Waals surface area contributed by atoms with Crippen molar-refractivity contribution in [2.75, 3.05) is 24.3 Å². The van der Waals surface area contributed by atoms with Crippen LogP contribution in [0.2, 0.25) is 0 Å². The van der Waals surface area contributed by atoms with Crippen LogP contribution in [0.15, 0.2) is 47.4 Å². The summed E-state index contributed by atoms with van der Waals surface area (Å²) in [5.41, 5.74) is 2.36. The van der Waals surface area contributed by atoms with E-state index >= 15 is 0 Å². The van der Waals surface area contributed by atoms with Gasteiger partial charge in [-0.2, -0.15) is 0 Å². The van der Waals surface area contributed by atoms with Crippen LogP contribution in [0.1, 0.15) is 39.2 Å². The number of sulfonamides is 1. The zero-order valence-corrected chi connectivity index (χ0v) is 18.6. The topological polar surface area (TPSA) is 96.5 Å². The van der Waals surface area contributed by atoms with Crippen molar-refractivity contribution in [3.63, 3.8) is 0 Å². The van der Waals surface area contributed by atoms with Crippen LogP contribution >= 0.6 is 0 Å². The molecular formula is C22H29N3O4S. The third kappa shape index (κ3) is 5.73. The summed E-state index contributed by atoms with van der Waals surface area (Å²) in [6.07, 6.45) is 1.72. The van der Waals surface area contributed by atoms with Gasteiger partial charge in [-0.3, -0.25) is 4.79 Å². The normalized spacial score (nSPS) is 14.3. The zero-order chi connectivity index (χ0) is 21.9. The van der Waals surface area contributed by atoms with Gasteiger partial charge in [-0.1, -0.05) is 32.9 Å². The molecule has 0 atom stereocenters. The second-order valence-corrected chi connectivity index (χ2v) is 10.2. The number of carbonyl (C=O) groups is 1. The van der Waals surface area contributed by atoms with Crippen molar-refractivity contribution in [2.24, 2.45) is 0 Å². The third-order valence-electron chi connectivity index (χ3n) is 4.85. The molecule has 1 fully saturated rings. The van der Waals surface area contributed by atoms with Gasteiger partial charge >= 0.3 is 0 Å². The number of anilines is 2. The second kappa shape index (κ2) is 8.65. The van der Waals surface area contributed by atoms with Crippen LogP contribution in [0.25, 0.3) is 0 Å². The first-order valence-corrected chi connectivity index (χ1v) is 11.4. The van der Waals surface area contributed by atoms with E-state index in [1.807, 2.05) is 24.3 Å². The number of methoxy groups -OCH3 is 1. The van der Waals surface area contributed by atoms with Gasteiger partial charge < -0.3 is 15.4 Å². The summed E-state index contributed by atoms with van der Waals surface area (Å²) in [7, 11) is -2.10. The molecule has 1 aliphatic carbocycles. The van der Waals surface area contributed by atoms with Crippen LogP contribution in [0.5, 0.6) is 5.75 Å². The van der Waals surface area contributed by atoms with Crippen LogP contribution in [-0.4, -0.2) is 34.0 Å². The van der Waals surface area contributed by atoms with Crippen LogP contribution in [0.3, 0.4) is 0 Å². The fourth-order valence-electron chi connectivity index (χ4n) is 2.92. The summed E-state index contributed by atoms with van der Waals surface area (Å²) < 4.78 is 32.8. The highest BCUT2D eigenvalue weighted by Gasteiger charge is 2.28. The quantitative estimate of drug-likeness (QED) is 0.595. The van der Waals surface area contributed by atoms with Crippen LogP contribution in [0.4, 0.5) is 11.4 Å². The van der Waals surface area contributed by atoms with Crippen molar-refractivity contribution >= 4 is 27.3 Å². The molecule has 0 spiro atoms. The first-order valence-electron chi connectivity index (χ1n) is 9.93. The molecule has 7 nitrogen and oxygen atoms in total. The van der Waals surface area contributed by atoms with Gasteiger partial charge in [0.15, 0.2) is 0 Å². The molecule has 0 saturated heterocycles. The molecule has 0 bridgehead atoms. The van der Waals surface area contributed by atoms with Gasteiger partial charge in [-0.05, 0) is 54.2 Å². The Morgan fingerprint density at radius 1 is 1.10 bits per heavy atom. The molecular weight excluding hydrogens is 402 g/mol. The molecule has 3 rings (SSSR count). The maximum atomic E-state index is 12.5. The highest BCUT2D eigenvalue weighted by Crippen LogP contribution is 2.29.